The third-order valence-corrected chi connectivity index (χ3v) is 7.05. The fourth-order valence-corrected chi connectivity index (χ4v) is 4.95. The van der Waals surface area contributed by atoms with Crippen molar-refractivity contribution in [2.45, 2.75) is 44.4 Å². The standard InChI is InChI=1S/C21H17F2N5O/c1-19(2)20(3)6-7-21(19,17-16(20)27-14(9-24)15(10-25)28-17)18(29)26-11-4-5-12(22)13(23)8-11/h4-5,8H,6-7H2,1-3H3,(H,26,29)/t20-,21-/m1/s1. The maximum atomic E-state index is 13.6. The maximum Gasteiger partial charge on any atom is 0.237 e. The van der Waals surface area contributed by atoms with Crippen molar-refractivity contribution in [1.29, 1.82) is 10.5 Å². The number of amides is 1. The molecule has 0 unspecified atom stereocenters. The average molecular weight is 393 g/mol. The molecule has 1 aromatic heterocycles. The van der Waals surface area contributed by atoms with E-state index in [0.717, 1.165) is 12.1 Å². The topological polar surface area (TPSA) is 102 Å². The summed E-state index contributed by atoms with van der Waals surface area (Å²) < 4.78 is 26.9. The van der Waals surface area contributed by atoms with Crippen LogP contribution in [0.15, 0.2) is 18.2 Å². The van der Waals surface area contributed by atoms with Gasteiger partial charge in [0, 0.05) is 17.2 Å². The first-order valence-electron chi connectivity index (χ1n) is 9.12. The van der Waals surface area contributed by atoms with Gasteiger partial charge in [-0.1, -0.05) is 20.8 Å². The van der Waals surface area contributed by atoms with Gasteiger partial charge in [0.2, 0.25) is 5.91 Å². The lowest BCUT2D eigenvalue weighted by Gasteiger charge is -2.39. The van der Waals surface area contributed by atoms with Crippen molar-refractivity contribution in [3.05, 3.63) is 52.6 Å². The second kappa shape index (κ2) is 5.81. The number of halogens is 2. The third kappa shape index (κ3) is 2.14. The summed E-state index contributed by atoms with van der Waals surface area (Å²) in [6.45, 7) is 5.85. The van der Waals surface area contributed by atoms with Crippen molar-refractivity contribution in [3.63, 3.8) is 0 Å². The first-order valence-corrected chi connectivity index (χ1v) is 9.12. The van der Waals surface area contributed by atoms with Crippen LogP contribution >= 0.6 is 0 Å². The van der Waals surface area contributed by atoms with E-state index in [0.29, 0.717) is 24.2 Å². The minimum absolute atomic E-state index is 0.0630. The Morgan fingerprint density at radius 3 is 2.24 bits per heavy atom. The molecule has 0 radical (unpaired) electrons. The van der Waals surface area contributed by atoms with Crippen LogP contribution in [-0.2, 0) is 15.6 Å². The molecular formula is C21H17F2N5O. The van der Waals surface area contributed by atoms with Gasteiger partial charge in [-0.2, -0.15) is 10.5 Å². The van der Waals surface area contributed by atoms with Gasteiger partial charge in [-0.25, -0.2) is 18.7 Å². The van der Waals surface area contributed by atoms with Crippen LogP contribution in [0.3, 0.4) is 0 Å². The van der Waals surface area contributed by atoms with E-state index >= 15 is 0 Å². The molecule has 146 valence electrons. The molecule has 0 aliphatic heterocycles. The van der Waals surface area contributed by atoms with Gasteiger partial charge >= 0.3 is 0 Å². The van der Waals surface area contributed by atoms with Gasteiger partial charge in [0.05, 0.1) is 16.8 Å². The minimum atomic E-state index is -1.12. The highest BCUT2D eigenvalue weighted by Crippen LogP contribution is 2.70. The lowest BCUT2D eigenvalue weighted by Crippen LogP contribution is -2.48. The molecule has 1 fully saturated rings. The summed E-state index contributed by atoms with van der Waals surface area (Å²) in [7, 11) is 0. The van der Waals surface area contributed by atoms with Crippen LogP contribution in [0.25, 0.3) is 0 Å². The Labute approximate surface area is 166 Å². The lowest BCUT2D eigenvalue weighted by molar-refractivity contribution is -0.125. The molecule has 6 nitrogen and oxygen atoms in total. The molecule has 1 saturated carbocycles. The van der Waals surface area contributed by atoms with Crippen molar-refractivity contribution >= 4 is 11.6 Å². The summed E-state index contributed by atoms with van der Waals surface area (Å²) in [5.41, 5.74) is -1.41. The zero-order chi connectivity index (χ0) is 21.2. The molecule has 1 amide bonds. The van der Waals surface area contributed by atoms with Gasteiger partial charge in [0.25, 0.3) is 0 Å². The summed E-state index contributed by atoms with van der Waals surface area (Å²) in [4.78, 5) is 22.3. The van der Waals surface area contributed by atoms with Gasteiger partial charge in [-0.05, 0) is 30.4 Å². The molecule has 2 aromatic rings. The molecule has 2 bridgehead atoms. The second-order valence-electron chi connectivity index (χ2n) is 8.29. The van der Waals surface area contributed by atoms with Crippen molar-refractivity contribution in [3.8, 4) is 12.1 Å². The summed E-state index contributed by atoms with van der Waals surface area (Å²) in [6, 6.07) is 6.93. The fourth-order valence-electron chi connectivity index (χ4n) is 4.95. The van der Waals surface area contributed by atoms with E-state index in [4.69, 9.17) is 0 Å². The van der Waals surface area contributed by atoms with Crippen LogP contribution in [0.5, 0.6) is 0 Å². The van der Waals surface area contributed by atoms with E-state index in [1.165, 1.54) is 6.07 Å². The Bertz CT molecular complexity index is 1160. The number of nitriles is 2. The third-order valence-electron chi connectivity index (χ3n) is 7.05. The normalized spacial score (nSPS) is 25.8. The molecule has 1 aromatic carbocycles. The van der Waals surface area contributed by atoms with Crippen LogP contribution < -0.4 is 5.32 Å². The van der Waals surface area contributed by atoms with Gasteiger partial charge in [0.15, 0.2) is 23.0 Å². The van der Waals surface area contributed by atoms with Crippen molar-refractivity contribution in [2.75, 3.05) is 5.32 Å². The molecule has 4 rings (SSSR count). The van der Waals surface area contributed by atoms with Gasteiger partial charge < -0.3 is 5.32 Å². The van der Waals surface area contributed by atoms with E-state index in [9.17, 15) is 24.1 Å². The van der Waals surface area contributed by atoms with Crippen molar-refractivity contribution in [1.82, 2.24) is 9.97 Å². The number of carbonyl (C=O) groups excluding carboxylic acids is 1. The highest BCUT2D eigenvalue weighted by atomic mass is 19.2. The SMILES string of the molecule is CC1(C)[C@]2(C(=O)Nc3ccc(F)c(F)c3)CC[C@]1(C)c1nc(C#N)c(C#N)nc12. The molecule has 0 saturated heterocycles. The Morgan fingerprint density at radius 2 is 1.66 bits per heavy atom. The van der Waals surface area contributed by atoms with Gasteiger partial charge in [-0.3, -0.25) is 4.79 Å². The summed E-state index contributed by atoms with van der Waals surface area (Å²) in [5, 5.41) is 21.4. The molecular weight excluding hydrogens is 376 g/mol. The molecule has 8 heteroatoms. The van der Waals surface area contributed by atoms with E-state index in [2.05, 4.69) is 15.3 Å². The Kier molecular flexibility index (Phi) is 3.79. The van der Waals surface area contributed by atoms with Crippen LogP contribution in [-0.4, -0.2) is 15.9 Å². The van der Waals surface area contributed by atoms with Gasteiger partial charge in [0.1, 0.15) is 12.1 Å². The Hall–Kier alpha value is -3.39. The number of rotatable bonds is 2. The molecule has 0 spiro atoms. The number of hydrogen-bond acceptors (Lipinski definition) is 5. The van der Waals surface area contributed by atoms with E-state index < -0.39 is 33.8 Å². The van der Waals surface area contributed by atoms with Crippen LogP contribution in [0, 0.1) is 39.7 Å². The number of carbonyl (C=O) groups is 1. The number of hydrogen-bond donors (Lipinski definition) is 1. The number of anilines is 1. The largest absolute Gasteiger partial charge is 0.325 e. The second-order valence-corrected chi connectivity index (χ2v) is 8.29. The number of fused-ring (bicyclic) bond motifs is 5. The first-order chi connectivity index (χ1) is 13.6. The fraction of sp³-hybridized carbons (Fsp3) is 0.381. The lowest BCUT2D eigenvalue weighted by atomic mass is 9.63. The highest BCUT2D eigenvalue weighted by molar-refractivity contribution is 6.01. The molecule has 2 aliphatic rings. The van der Waals surface area contributed by atoms with E-state index in [-0.39, 0.29) is 17.1 Å². The molecule has 2 aliphatic carbocycles. The van der Waals surface area contributed by atoms with Crippen molar-refractivity contribution in [2.24, 2.45) is 5.41 Å². The minimum Gasteiger partial charge on any atom is -0.325 e. The van der Waals surface area contributed by atoms with E-state index in [1.807, 2.05) is 32.9 Å². The zero-order valence-corrected chi connectivity index (χ0v) is 16.1. The predicted octanol–water partition coefficient (Wildman–Crippen LogP) is 3.47. The van der Waals surface area contributed by atoms with Crippen molar-refractivity contribution < 1.29 is 13.6 Å². The zero-order valence-electron chi connectivity index (χ0n) is 16.1. The summed E-state index contributed by atoms with van der Waals surface area (Å²) in [5.74, 6) is -2.48. The first kappa shape index (κ1) is 18.9. The quantitative estimate of drug-likeness (QED) is 0.842. The predicted molar refractivity (Wildman–Crippen MR) is 98.5 cm³/mol. The molecule has 29 heavy (non-hydrogen) atoms. The molecule has 1 heterocycles. The van der Waals surface area contributed by atoms with Crippen LogP contribution in [0.2, 0.25) is 0 Å². The number of aromatic nitrogens is 2. The summed E-state index contributed by atoms with van der Waals surface area (Å²) in [6.07, 6.45) is 1.11. The molecule has 1 N–H and O–H groups in total. The Balaban J connectivity index is 1.89. The smallest absolute Gasteiger partial charge is 0.237 e. The van der Waals surface area contributed by atoms with Gasteiger partial charge in [-0.15, -0.1) is 0 Å². The number of benzene rings is 1. The average Bonchev–Trinajstić information content (AvgIpc) is 2.99. The highest BCUT2D eigenvalue weighted by Gasteiger charge is 2.73. The van der Waals surface area contributed by atoms with E-state index in [1.54, 1.807) is 0 Å². The summed E-state index contributed by atoms with van der Waals surface area (Å²) >= 11 is 0. The molecule has 2 atom stereocenters. The Morgan fingerprint density at radius 1 is 1.03 bits per heavy atom. The number of nitrogens with one attached hydrogen (secondary N) is 1. The van der Waals surface area contributed by atoms with Crippen LogP contribution in [0.1, 0.15) is 56.4 Å². The maximum absolute atomic E-state index is 13.6. The monoisotopic (exact) mass is 393 g/mol. The van der Waals surface area contributed by atoms with Crippen LogP contribution in [0.4, 0.5) is 14.5 Å². The number of nitrogens with zero attached hydrogens (tertiary/aromatic N) is 4.